The lowest BCUT2D eigenvalue weighted by molar-refractivity contribution is -0.384. The van der Waals surface area contributed by atoms with Crippen molar-refractivity contribution >= 4 is 57.9 Å². The Morgan fingerprint density at radius 3 is 2.43 bits per heavy atom. The van der Waals surface area contributed by atoms with Gasteiger partial charge in [0, 0.05) is 52.2 Å². The molecule has 0 spiro atoms. The first-order valence-corrected chi connectivity index (χ1v) is 10.4. The van der Waals surface area contributed by atoms with E-state index in [1.807, 2.05) is 0 Å². The van der Waals surface area contributed by atoms with E-state index < -0.39 is 10.8 Å². The van der Waals surface area contributed by atoms with Crippen molar-refractivity contribution in [1.29, 1.82) is 0 Å². The molecule has 0 bridgehead atoms. The second kappa shape index (κ2) is 8.02. The van der Waals surface area contributed by atoms with Crippen LogP contribution in [0.2, 0.25) is 15.1 Å². The van der Waals surface area contributed by atoms with E-state index in [-0.39, 0.29) is 28.8 Å². The van der Waals surface area contributed by atoms with E-state index in [1.165, 1.54) is 23.1 Å². The number of nitrogens with zero attached hydrogens (tertiary/aromatic N) is 2. The van der Waals surface area contributed by atoms with Crippen LogP contribution in [-0.2, 0) is 9.59 Å². The molecule has 30 heavy (non-hydrogen) atoms. The summed E-state index contributed by atoms with van der Waals surface area (Å²) in [4.78, 5) is 38.0. The zero-order chi connectivity index (χ0) is 21.6. The minimum absolute atomic E-state index is 0.0270. The third-order valence-electron chi connectivity index (χ3n) is 5.40. The summed E-state index contributed by atoms with van der Waals surface area (Å²) in [7, 11) is 0. The molecule has 1 amide bonds. The molecule has 2 aliphatic rings. The van der Waals surface area contributed by atoms with E-state index in [4.69, 9.17) is 34.8 Å². The number of rotatable bonds is 3. The monoisotopic (exact) mass is 464 g/mol. The SMILES string of the molecule is O=C1CCCC2=C1C(c1ccc(Cl)cc1Cl)CC(=O)N2c1ccc([N+](=O)[O-])cc1Cl. The van der Waals surface area contributed by atoms with Gasteiger partial charge in [0.1, 0.15) is 0 Å². The van der Waals surface area contributed by atoms with Crippen molar-refractivity contribution in [2.75, 3.05) is 4.90 Å². The normalized spacial score (nSPS) is 19.2. The van der Waals surface area contributed by atoms with Crippen LogP contribution in [-0.4, -0.2) is 16.6 Å². The lowest BCUT2D eigenvalue weighted by Crippen LogP contribution is -2.40. The minimum Gasteiger partial charge on any atom is -0.294 e. The van der Waals surface area contributed by atoms with Gasteiger partial charge in [-0.3, -0.25) is 24.6 Å². The van der Waals surface area contributed by atoms with Gasteiger partial charge in [0.05, 0.1) is 15.6 Å². The Kier molecular flexibility index (Phi) is 5.57. The molecule has 0 fully saturated rings. The van der Waals surface area contributed by atoms with Gasteiger partial charge in [-0.15, -0.1) is 0 Å². The predicted octanol–water partition coefficient (Wildman–Crippen LogP) is 6.08. The molecule has 0 aromatic heterocycles. The molecular weight excluding hydrogens is 451 g/mol. The number of non-ortho nitro benzene ring substituents is 1. The summed E-state index contributed by atoms with van der Waals surface area (Å²) in [6.07, 6.45) is 1.53. The number of halogens is 3. The molecule has 9 heteroatoms. The van der Waals surface area contributed by atoms with E-state index in [0.29, 0.717) is 51.8 Å². The van der Waals surface area contributed by atoms with Gasteiger partial charge in [-0.2, -0.15) is 0 Å². The van der Waals surface area contributed by atoms with Crippen LogP contribution in [0.3, 0.4) is 0 Å². The minimum atomic E-state index is -0.554. The van der Waals surface area contributed by atoms with Gasteiger partial charge in [0.25, 0.3) is 5.69 Å². The second-order valence-electron chi connectivity index (χ2n) is 7.18. The van der Waals surface area contributed by atoms with Gasteiger partial charge in [-0.05, 0) is 36.6 Å². The van der Waals surface area contributed by atoms with Gasteiger partial charge >= 0.3 is 0 Å². The zero-order valence-electron chi connectivity index (χ0n) is 15.5. The molecule has 1 atom stereocenters. The highest BCUT2D eigenvalue weighted by Gasteiger charge is 2.41. The van der Waals surface area contributed by atoms with Gasteiger partial charge in [-0.25, -0.2) is 0 Å². The molecule has 0 radical (unpaired) electrons. The Bertz CT molecular complexity index is 1130. The topological polar surface area (TPSA) is 80.5 Å². The average Bonchev–Trinajstić information content (AvgIpc) is 2.68. The third kappa shape index (κ3) is 3.60. The number of hydrogen-bond donors (Lipinski definition) is 0. The number of Topliss-reactive ketones (excluding diaryl/α,β-unsaturated/α-hetero) is 1. The number of amides is 1. The van der Waals surface area contributed by atoms with Crippen LogP contribution in [0.25, 0.3) is 0 Å². The van der Waals surface area contributed by atoms with Crippen molar-refractivity contribution in [3.05, 3.63) is 78.4 Å². The predicted molar refractivity (Wildman–Crippen MR) is 115 cm³/mol. The van der Waals surface area contributed by atoms with Crippen LogP contribution < -0.4 is 4.90 Å². The molecule has 2 aromatic carbocycles. The molecule has 0 saturated heterocycles. The standard InChI is InChI=1S/C21H15Cl3N2O4/c22-11-4-6-13(15(23)8-11)14-10-20(28)25(18-2-1-3-19(27)21(14)18)17-7-5-12(26(29)30)9-16(17)24/h4-9,14H,1-3,10H2. The highest BCUT2D eigenvalue weighted by atomic mass is 35.5. The summed E-state index contributed by atoms with van der Waals surface area (Å²) >= 11 is 18.7. The fraction of sp³-hybridized carbons (Fsp3) is 0.238. The maximum Gasteiger partial charge on any atom is 0.271 e. The Morgan fingerprint density at radius 1 is 1.00 bits per heavy atom. The van der Waals surface area contributed by atoms with E-state index in [9.17, 15) is 19.7 Å². The van der Waals surface area contributed by atoms with Gasteiger partial charge in [0.2, 0.25) is 5.91 Å². The van der Waals surface area contributed by atoms with E-state index in [1.54, 1.807) is 18.2 Å². The maximum atomic E-state index is 13.2. The molecule has 1 unspecified atom stereocenters. The number of ketones is 1. The molecule has 1 aliphatic carbocycles. The van der Waals surface area contributed by atoms with Crippen LogP contribution in [0.5, 0.6) is 0 Å². The quantitative estimate of drug-likeness (QED) is 0.406. The zero-order valence-corrected chi connectivity index (χ0v) is 17.8. The smallest absolute Gasteiger partial charge is 0.271 e. The van der Waals surface area contributed by atoms with Gasteiger partial charge < -0.3 is 0 Å². The van der Waals surface area contributed by atoms with Crippen molar-refractivity contribution in [3.8, 4) is 0 Å². The molecule has 1 aliphatic heterocycles. The van der Waals surface area contributed by atoms with Crippen molar-refractivity contribution < 1.29 is 14.5 Å². The van der Waals surface area contributed by atoms with Crippen LogP contribution in [0.1, 0.15) is 37.2 Å². The largest absolute Gasteiger partial charge is 0.294 e. The summed E-state index contributed by atoms with van der Waals surface area (Å²) in [6, 6.07) is 8.95. The molecule has 0 N–H and O–H groups in total. The Morgan fingerprint density at radius 2 is 1.77 bits per heavy atom. The van der Waals surface area contributed by atoms with Crippen molar-refractivity contribution in [2.45, 2.75) is 31.6 Å². The summed E-state index contributed by atoms with van der Waals surface area (Å²) in [6.45, 7) is 0. The van der Waals surface area contributed by atoms with Crippen LogP contribution in [0, 0.1) is 10.1 Å². The van der Waals surface area contributed by atoms with Crippen molar-refractivity contribution in [2.24, 2.45) is 0 Å². The molecule has 4 rings (SSSR count). The molecule has 1 heterocycles. The Hall–Kier alpha value is -2.41. The summed E-state index contributed by atoms with van der Waals surface area (Å²) in [5.41, 5.74) is 1.95. The number of nitro groups is 1. The lowest BCUT2D eigenvalue weighted by Gasteiger charge is -2.38. The number of benzene rings is 2. The van der Waals surface area contributed by atoms with Gasteiger partial charge in [-0.1, -0.05) is 40.9 Å². The molecule has 2 aromatic rings. The fourth-order valence-corrected chi connectivity index (χ4v) is 4.91. The van der Waals surface area contributed by atoms with Crippen LogP contribution >= 0.6 is 34.8 Å². The average molecular weight is 466 g/mol. The molecule has 6 nitrogen and oxygen atoms in total. The van der Waals surface area contributed by atoms with Crippen LogP contribution in [0.4, 0.5) is 11.4 Å². The van der Waals surface area contributed by atoms with E-state index in [0.717, 1.165) is 0 Å². The first-order valence-electron chi connectivity index (χ1n) is 9.26. The highest BCUT2D eigenvalue weighted by Crippen LogP contribution is 2.46. The number of nitro benzene ring substituents is 1. The number of allylic oxidation sites excluding steroid dienone is 2. The van der Waals surface area contributed by atoms with E-state index >= 15 is 0 Å². The van der Waals surface area contributed by atoms with Crippen LogP contribution in [0.15, 0.2) is 47.7 Å². The summed E-state index contributed by atoms with van der Waals surface area (Å²) in [5.74, 6) is -0.767. The Labute approximate surface area is 187 Å². The third-order valence-corrected chi connectivity index (χ3v) is 6.26. The molecular formula is C21H15Cl3N2O4. The molecule has 154 valence electrons. The first-order chi connectivity index (χ1) is 14.3. The number of anilines is 1. The first kappa shape index (κ1) is 20.8. The number of carbonyl (C=O) groups is 2. The lowest BCUT2D eigenvalue weighted by atomic mass is 9.77. The van der Waals surface area contributed by atoms with Crippen molar-refractivity contribution in [1.82, 2.24) is 0 Å². The summed E-state index contributed by atoms with van der Waals surface area (Å²) < 4.78 is 0. The maximum absolute atomic E-state index is 13.2. The fourth-order valence-electron chi connectivity index (χ4n) is 4.11. The van der Waals surface area contributed by atoms with Gasteiger partial charge in [0.15, 0.2) is 5.78 Å². The number of carbonyl (C=O) groups excluding carboxylic acids is 2. The highest BCUT2D eigenvalue weighted by molar-refractivity contribution is 6.35. The second-order valence-corrected chi connectivity index (χ2v) is 8.43. The number of hydrogen-bond acceptors (Lipinski definition) is 4. The Balaban J connectivity index is 1.87. The molecule has 0 saturated carbocycles. The summed E-state index contributed by atoms with van der Waals surface area (Å²) in [5, 5.41) is 12.0. The van der Waals surface area contributed by atoms with Crippen molar-refractivity contribution in [3.63, 3.8) is 0 Å². The van der Waals surface area contributed by atoms with E-state index in [2.05, 4.69) is 0 Å².